The first-order valence-electron chi connectivity index (χ1n) is 5.57. The standard InChI is InChI=1S/C14H9NO2S/c16-13-11-6-2-5-10(12(11)14(17)15-13)8-3-1-4-9(18)7-8/h1-3,5-7H,4H2,(H,15,16,17). The van der Waals surface area contributed by atoms with Gasteiger partial charge in [-0.2, -0.15) is 0 Å². The molecular weight excluding hydrogens is 246 g/mol. The molecule has 1 heterocycles. The third-order valence-electron chi connectivity index (χ3n) is 3.01. The number of rotatable bonds is 1. The van der Waals surface area contributed by atoms with E-state index in [1.165, 1.54) is 0 Å². The van der Waals surface area contributed by atoms with E-state index in [0.717, 1.165) is 22.4 Å². The Balaban J connectivity index is 2.21. The van der Waals surface area contributed by atoms with Gasteiger partial charge in [-0.1, -0.05) is 36.5 Å². The zero-order valence-electron chi connectivity index (χ0n) is 9.40. The van der Waals surface area contributed by atoms with Crippen LogP contribution in [0.5, 0.6) is 0 Å². The van der Waals surface area contributed by atoms with Gasteiger partial charge in [0.1, 0.15) is 0 Å². The quantitative estimate of drug-likeness (QED) is 0.618. The first-order valence-corrected chi connectivity index (χ1v) is 5.98. The van der Waals surface area contributed by atoms with Crippen molar-refractivity contribution in [3.05, 3.63) is 53.1 Å². The van der Waals surface area contributed by atoms with Crippen LogP contribution in [0.15, 0.2) is 36.4 Å². The lowest BCUT2D eigenvalue weighted by Crippen LogP contribution is -2.20. The van der Waals surface area contributed by atoms with E-state index in [4.69, 9.17) is 12.2 Å². The van der Waals surface area contributed by atoms with E-state index in [1.54, 1.807) is 12.1 Å². The van der Waals surface area contributed by atoms with Crippen LogP contribution in [-0.4, -0.2) is 16.7 Å². The molecule has 2 aliphatic rings. The zero-order valence-corrected chi connectivity index (χ0v) is 10.2. The molecule has 1 aliphatic heterocycles. The van der Waals surface area contributed by atoms with Crippen LogP contribution in [0.25, 0.3) is 5.57 Å². The fourth-order valence-corrected chi connectivity index (χ4v) is 2.43. The van der Waals surface area contributed by atoms with Crippen molar-refractivity contribution < 1.29 is 9.59 Å². The van der Waals surface area contributed by atoms with E-state index in [2.05, 4.69) is 5.32 Å². The second-order valence-corrected chi connectivity index (χ2v) is 4.71. The van der Waals surface area contributed by atoms with Crippen molar-refractivity contribution in [2.75, 3.05) is 0 Å². The Morgan fingerprint density at radius 1 is 1.11 bits per heavy atom. The summed E-state index contributed by atoms with van der Waals surface area (Å²) in [4.78, 5) is 24.2. The molecule has 0 atom stereocenters. The highest BCUT2D eigenvalue weighted by molar-refractivity contribution is 7.80. The molecule has 3 rings (SSSR count). The largest absolute Gasteiger partial charge is 0.288 e. The predicted octanol–water partition coefficient (Wildman–Crippen LogP) is 2.28. The molecule has 18 heavy (non-hydrogen) atoms. The maximum Gasteiger partial charge on any atom is 0.259 e. The van der Waals surface area contributed by atoms with E-state index in [-0.39, 0.29) is 11.8 Å². The summed E-state index contributed by atoms with van der Waals surface area (Å²) in [6.07, 6.45) is 6.52. The Morgan fingerprint density at radius 3 is 2.67 bits per heavy atom. The molecule has 1 aliphatic carbocycles. The molecule has 0 saturated carbocycles. The molecule has 1 aromatic rings. The van der Waals surface area contributed by atoms with E-state index >= 15 is 0 Å². The van der Waals surface area contributed by atoms with E-state index < -0.39 is 0 Å². The Bertz CT molecular complexity index is 656. The number of nitrogens with one attached hydrogen (secondary N) is 1. The SMILES string of the molecule is O=C1NC(=O)c2c1cccc2C1=CC(=S)CC=C1. The minimum absolute atomic E-state index is 0.334. The number of hydrogen-bond donors (Lipinski definition) is 1. The van der Waals surface area contributed by atoms with Crippen LogP contribution < -0.4 is 5.32 Å². The van der Waals surface area contributed by atoms with Crippen LogP contribution in [0.3, 0.4) is 0 Å². The number of fused-ring (bicyclic) bond motifs is 1. The first-order chi connectivity index (χ1) is 8.66. The number of carbonyl (C=O) groups is 2. The molecule has 0 spiro atoms. The van der Waals surface area contributed by atoms with Gasteiger partial charge in [-0.15, -0.1) is 0 Å². The summed E-state index contributed by atoms with van der Waals surface area (Å²) in [5.41, 5.74) is 2.52. The molecule has 0 radical (unpaired) electrons. The molecule has 0 aromatic heterocycles. The predicted molar refractivity (Wildman–Crippen MR) is 72.6 cm³/mol. The second-order valence-electron chi connectivity index (χ2n) is 4.18. The van der Waals surface area contributed by atoms with Crippen molar-refractivity contribution in [2.45, 2.75) is 6.42 Å². The van der Waals surface area contributed by atoms with Gasteiger partial charge in [0.2, 0.25) is 0 Å². The Kier molecular flexibility index (Phi) is 2.45. The molecule has 3 nitrogen and oxygen atoms in total. The molecule has 0 bridgehead atoms. The molecule has 4 heteroatoms. The fourth-order valence-electron chi connectivity index (χ4n) is 2.21. The lowest BCUT2D eigenvalue weighted by Gasteiger charge is -2.10. The summed E-state index contributed by atoms with van der Waals surface area (Å²) in [6.45, 7) is 0. The summed E-state index contributed by atoms with van der Waals surface area (Å²) < 4.78 is 0. The molecule has 2 amide bonds. The van der Waals surface area contributed by atoms with E-state index in [0.29, 0.717) is 11.1 Å². The van der Waals surface area contributed by atoms with Crippen LogP contribution in [-0.2, 0) is 0 Å². The highest BCUT2D eigenvalue weighted by Gasteiger charge is 2.29. The Morgan fingerprint density at radius 2 is 1.89 bits per heavy atom. The van der Waals surface area contributed by atoms with Gasteiger partial charge in [-0.05, 0) is 23.3 Å². The van der Waals surface area contributed by atoms with E-state index in [9.17, 15) is 9.59 Å². The summed E-state index contributed by atoms with van der Waals surface area (Å²) >= 11 is 5.17. The molecule has 1 N–H and O–H groups in total. The second kappa shape index (κ2) is 3.99. The average Bonchev–Trinajstić information content (AvgIpc) is 2.65. The number of hydrogen-bond acceptors (Lipinski definition) is 3. The van der Waals surface area contributed by atoms with Crippen molar-refractivity contribution in [3.63, 3.8) is 0 Å². The van der Waals surface area contributed by atoms with Gasteiger partial charge in [0, 0.05) is 11.3 Å². The number of imide groups is 1. The van der Waals surface area contributed by atoms with Crippen molar-refractivity contribution in [2.24, 2.45) is 0 Å². The maximum absolute atomic E-state index is 11.8. The van der Waals surface area contributed by atoms with Crippen molar-refractivity contribution >= 4 is 34.5 Å². The van der Waals surface area contributed by atoms with Crippen LogP contribution in [0.1, 0.15) is 32.7 Å². The molecular formula is C14H9NO2S. The van der Waals surface area contributed by atoms with Crippen LogP contribution in [0.2, 0.25) is 0 Å². The number of benzene rings is 1. The van der Waals surface area contributed by atoms with Gasteiger partial charge in [-0.3, -0.25) is 14.9 Å². The molecule has 0 saturated heterocycles. The summed E-state index contributed by atoms with van der Waals surface area (Å²) in [7, 11) is 0. The summed E-state index contributed by atoms with van der Waals surface area (Å²) in [6, 6.07) is 5.27. The minimum atomic E-state index is -0.337. The summed E-state index contributed by atoms with van der Waals surface area (Å²) in [5.74, 6) is -0.670. The van der Waals surface area contributed by atoms with Crippen molar-refractivity contribution in [3.8, 4) is 0 Å². The number of thiocarbonyl (C=S) groups is 1. The van der Waals surface area contributed by atoms with Crippen LogP contribution in [0, 0.1) is 0 Å². The van der Waals surface area contributed by atoms with Gasteiger partial charge in [0.25, 0.3) is 11.8 Å². The van der Waals surface area contributed by atoms with Crippen molar-refractivity contribution in [1.82, 2.24) is 5.32 Å². The van der Waals surface area contributed by atoms with Crippen molar-refractivity contribution in [1.29, 1.82) is 0 Å². The maximum atomic E-state index is 11.8. The Hall–Kier alpha value is -2.07. The third kappa shape index (κ3) is 1.62. The topological polar surface area (TPSA) is 46.2 Å². The normalized spacial score (nSPS) is 17.6. The number of allylic oxidation sites excluding steroid dienone is 4. The highest BCUT2D eigenvalue weighted by Crippen LogP contribution is 2.28. The van der Waals surface area contributed by atoms with Gasteiger partial charge in [0.15, 0.2) is 0 Å². The zero-order chi connectivity index (χ0) is 12.7. The van der Waals surface area contributed by atoms with E-state index in [1.807, 2.05) is 24.3 Å². The molecule has 88 valence electrons. The molecule has 0 fully saturated rings. The van der Waals surface area contributed by atoms with Gasteiger partial charge in [0.05, 0.1) is 11.1 Å². The molecule has 1 aromatic carbocycles. The number of amides is 2. The van der Waals surface area contributed by atoms with Gasteiger partial charge < -0.3 is 0 Å². The van der Waals surface area contributed by atoms with Crippen LogP contribution in [0.4, 0.5) is 0 Å². The van der Waals surface area contributed by atoms with Gasteiger partial charge >= 0.3 is 0 Å². The minimum Gasteiger partial charge on any atom is -0.288 e. The lowest BCUT2D eigenvalue weighted by molar-refractivity contribution is 0.0879. The third-order valence-corrected chi connectivity index (χ3v) is 3.29. The van der Waals surface area contributed by atoms with Crippen LogP contribution >= 0.6 is 12.2 Å². The highest BCUT2D eigenvalue weighted by atomic mass is 32.1. The summed E-state index contributed by atoms with van der Waals surface area (Å²) in [5, 5.41) is 2.31. The van der Waals surface area contributed by atoms with Gasteiger partial charge in [-0.25, -0.2) is 0 Å². The monoisotopic (exact) mass is 255 g/mol. The smallest absolute Gasteiger partial charge is 0.259 e. The lowest BCUT2D eigenvalue weighted by atomic mass is 9.93. The fraction of sp³-hybridized carbons (Fsp3) is 0.0714. The Labute approximate surface area is 109 Å². The molecule has 0 unspecified atom stereocenters. The number of carbonyl (C=O) groups excluding carboxylic acids is 2. The first kappa shape index (κ1) is 11.0. The average molecular weight is 255 g/mol.